The van der Waals surface area contributed by atoms with Gasteiger partial charge in [-0.2, -0.15) is 0 Å². The summed E-state index contributed by atoms with van der Waals surface area (Å²) in [6.45, 7) is 1.93. The van der Waals surface area contributed by atoms with Crippen molar-refractivity contribution in [2.24, 2.45) is 0 Å². The van der Waals surface area contributed by atoms with Crippen LogP contribution in [0.15, 0.2) is 90.3 Å². The highest BCUT2D eigenvalue weighted by atomic mass is 32.2. The number of thioether (sulfide) groups is 1. The smallest absolute Gasteiger partial charge is 0.326 e. The number of nitrogens with one attached hydrogen (secondary N) is 5. The Kier molecular flexibility index (Phi) is 13.2. The predicted molar refractivity (Wildman–Crippen MR) is 198 cm³/mol. The molecule has 6 rings (SSSR count). The Labute approximate surface area is 306 Å². The molecule has 5 amide bonds. The maximum atomic E-state index is 14.2. The molecule has 12 nitrogen and oxygen atoms in total. The molecule has 0 spiro atoms. The molecule has 272 valence electrons. The molecule has 0 aromatic heterocycles. The summed E-state index contributed by atoms with van der Waals surface area (Å²) in [5.41, 5.74) is 3.51. The number of carboxylic acids is 1. The largest absolute Gasteiger partial charge is 0.480 e. The Hall–Kier alpha value is -5.43. The van der Waals surface area contributed by atoms with E-state index in [0.29, 0.717) is 17.7 Å². The number of carboxylic acid groups (broad SMARTS) is 1. The van der Waals surface area contributed by atoms with Gasteiger partial charge in [-0.15, -0.1) is 11.8 Å². The molecule has 13 heteroatoms. The second-order valence-corrected chi connectivity index (χ2v) is 14.3. The monoisotopic (exact) mass is 725 g/mol. The van der Waals surface area contributed by atoms with Gasteiger partial charge < -0.3 is 31.7 Å². The van der Waals surface area contributed by atoms with E-state index in [2.05, 4.69) is 26.6 Å². The van der Waals surface area contributed by atoms with Gasteiger partial charge in [-0.25, -0.2) is 4.79 Å². The first-order valence-corrected chi connectivity index (χ1v) is 18.2. The number of amides is 5. The third-order valence-electron chi connectivity index (χ3n) is 8.90. The number of hydrogen-bond donors (Lipinski definition) is 6. The molecule has 0 saturated heterocycles. The minimum Gasteiger partial charge on any atom is -0.480 e. The lowest BCUT2D eigenvalue weighted by Gasteiger charge is -2.27. The van der Waals surface area contributed by atoms with Crippen LogP contribution in [0.1, 0.15) is 47.9 Å². The summed E-state index contributed by atoms with van der Waals surface area (Å²) in [7, 11) is 0. The molecule has 0 fully saturated rings. The normalized spacial score (nSPS) is 23.4. The fraction of sp³-hybridized carbons (Fsp3) is 0.333. The van der Waals surface area contributed by atoms with Crippen molar-refractivity contribution in [3.05, 3.63) is 113 Å². The molecule has 3 aliphatic rings. The second kappa shape index (κ2) is 18.2. The summed E-state index contributed by atoms with van der Waals surface area (Å²) >= 11 is 1.55. The minimum atomic E-state index is -1.33. The van der Waals surface area contributed by atoms with Gasteiger partial charge in [0.2, 0.25) is 29.5 Å². The summed E-state index contributed by atoms with van der Waals surface area (Å²) < 4.78 is 0. The molecule has 3 heterocycles. The van der Waals surface area contributed by atoms with Gasteiger partial charge in [0, 0.05) is 43.0 Å². The molecular formula is C39H43N5O7S. The zero-order valence-corrected chi connectivity index (χ0v) is 29.6. The van der Waals surface area contributed by atoms with E-state index < -0.39 is 59.7 Å². The predicted octanol–water partition coefficient (Wildman–Crippen LogP) is 3.19. The molecule has 3 aromatic carbocycles. The molecule has 5 atom stereocenters. The lowest BCUT2D eigenvalue weighted by molar-refractivity contribution is -0.142. The van der Waals surface area contributed by atoms with Crippen LogP contribution in [0.4, 0.5) is 5.69 Å². The van der Waals surface area contributed by atoms with Crippen molar-refractivity contribution >= 4 is 53.0 Å². The molecule has 52 heavy (non-hydrogen) atoms. The first-order valence-electron chi connectivity index (χ1n) is 17.2. The van der Waals surface area contributed by atoms with Gasteiger partial charge >= 0.3 is 5.97 Å². The maximum Gasteiger partial charge on any atom is 0.326 e. The third-order valence-corrected chi connectivity index (χ3v) is 10.0. The number of carbonyl (C=O) groups is 6. The maximum absolute atomic E-state index is 14.2. The van der Waals surface area contributed by atoms with E-state index in [0.717, 1.165) is 16.7 Å². The van der Waals surface area contributed by atoms with Crippen molar-refractivity contribution < 1.29 is 33.9 Å². The van der Waals surface area contributed by atoms with Crippen molar-refractivity contribution in [2.45, 2.75) is 81.3 Å². The van der Waals surface area contributed by atoms with Crippen molar-refractivity contribution in [3.8, 4) is 0 Å². The molecule has 2 bridgehead atoms. The number of carbonyl (C=O) groups excluding carboxylic acids is 5. The summed E-state index contributed by atoms with van der Waals surface area (Å²) in [6.07, 6.45) is 2.71. The Bertz CT molecular complexity index is 1770. The van der Waals surface area contributed by atoms with Crippen molar-refractivity contribution in [1.29, 1.82) is 0 Å². The number of aryl methyl sites for hydroxylation is 1. The summed E-state index contributed by atoms with van der Waals surface area (Å²) in [5.74, 6) is -4.13. The van der Waals surface area contributed by atoms with Crippen molar-refractivity contribution in [2.75, 3.05) is 5.32 Å². The van der Waals surface area contributed by atoms with Gasteiger partial charge in [-0.1, -0.05) is 78.4 Å². The van der Waals surface area contributed by atoms with Crippen LogP contribution in [0.2, 0.25) is 0 Å². The molecular weight excluding hydrogens is 683 g/mol. The number of anilines is 1. The fourth-order valence-corrected chi connectivity index (χ4v) is 6.97. The van der Waals surface area contributed by atoms with E-state index in [-0.39, 0.29) is 43.8 Å². The number of hydrogen-bond acceptors (Lipinski definition) is 7. The number of fused-ring (bicyclic) bond motifs is 18. The standard InChI is InChI=1S/C39H43N5O7S/c1-24-9-11-26(12-10-24)21-31-36(47)42-30(20-25-6-3-2-4-7-25)37(48)44-33(39(50)51)22-27-13-15-28(16-14-27)40-34(45)17-18-35(46)41-32(38(49)43-31)23-29-8-5-19-52-29/h2-7,9-16,19,29-33H,8,17-18,20-23H2,1H3,(H,40,45)(H,41,46)(H,42,47)(H,43,49)(H,44,48)(H,50,51)/t29?,30-,31+,32-,33+/m1/s1. The first-order chi connectivity index (χ1) is 25.0. The van der Waals surface area contributed by atoms with E-state index >= 15 is 0 Å². The second-order valence-electron chi connectivity index (χ2n) is 13.1. The van der Waals surface area contributed by atoms with Crippen LogP contribution < -0.4 is 26.6 Å². The third kappa shape index (κ3) is 11.3. The van der Waals surface area contributed by atoms with Gasteiger partial charge in [0.25, 0.3) is 0 Å². The molecule has 1 unspecified atom stereocenters. The zero-order valence-electron chi connectivity index (χ0n) is 28.8. The summed E-state index contributed by atoms with van der Waals surface area (Å²) in [6, 6.07) is 18.3. The highest BCUT2D eigenvalue weighted by Gasteiger charge is 2.33. The van der Waals surface area contributed by atoms with Crippen LogP contribution >= 0.6 is 11.8 Å². The van der Waals surface area contributed by atoms with Gasteiger partial charge in [-0.05, 0) is 54.0 Å². The van der Waals surface area contributed by atoms with Crippen LogP contribution in [0.25, 0.3) is 0 Å². The minimum absolute atomic E-state index is 0.0160. The van der Waals surface area contributed by atoms with Crippen molar-refractivity contribution in [3.63, 3.8) is 0 Å². The highest BCUT2D eigenvalue weighted by Crippen LogP contribution is 2.28. The Morgan fingerprint density at radius 2 is 1.31 bits per heavy atom. The highest BCUT2D eigenvalue weighted by molar-refractivity contribution is 8.03. The van der Waals surface area contributed by atoms with Crippen LogP contribution in [-0.2, 0) is 48.0 Å². The van der Waals surface area contributed by atoms with Gasteiger partial charge in [-0.3, -0.25) is 24.0 Å². The average Bonchev–Trinajstić information content (AvgIpc) is 3.64. The lowest BCUT2D eigenvalue weighted by Crippen LogP contribution is -2.59. The van der Waals surface area contributed by atoms with Crippen LogP contribution in [0.5, 0.6) is 0 Å². The fourth-order valence-electron chi connectivity index (χ4n) is 6.00. The van der Waals surface area contributed by atoms with E-state index in [9.17, 15) is 33.9 Å². The Morgan fingerprint density at radius 3 is 1.92 bits per heavy atom. The number of allylic oxidation sites excluding steroid dienone is 1. The van der Waals surface area contributed by atoms with E-state index in [1.807, 2.05) is 48.7 Å². The molecule has 6 N–H and O–H groups in total. The van der Waals surface area contributed by atoms with E-state index in [1.54, 1.807) is 60.3 Å². The molecule has 0 saturated carbocycles. The number of benzene rings is 3. The molecule has 0 aliphatic carbocycles. The average molecular weight is 726 g/mol. The molecule has 0 radical (unpaired) electrons. The van der Waals surface area contributed by atoms with E-state index in [1.165, 1.54) is 0 Å². The van der Waals surface area contributed by atoms with Gasteiger partial charge in [0.15, 0.2) is 0 Å². The van der Waals surface area contributed by atoms with Crippen LogP contribution in [-0.4, -0.2) is 70.0 Å². The Morgan fingerprint density at radius 1 is 0.712 bits per heavy atom. The van der Waals surface area contributed by atoms with E-state index in [4.69, 9.17) is 0 Å². The van der Waals surface area contributed by atoms with Crippen LogP contribution in [0, 0.1) is 6.92 Å². The topological polar surface area (TPSA) is 183 Å². The number of rotatable bonds is 7. The van der Waals surface area contributed by atoms with Crippen LogP contribution in [0.3, 0.4) is 0 Å². The first kappa shape index (κ1) is 37.8. The van der Waals surface area contributed by atoms with Crippen molar-refractivity contribution in [1.82, 2.24) is 21.3 Å². The molecule has 3 aromatic rings. The summed E-state index contributed by atoms with van der Waals surface area (Å²) in [4.78, 5) is 80.2. The number of aliphatic carboxylic acids is 1. The Balaban J connectivity index is 1.48. The quantitative estimate of drug-likeness (QED) is 0.201. The SMILES string of the molecule is Cc1ccc(C[C@@H]2NC(=O)[C@@H](CC3CC=CS3)NC(=O)CCC(=O)Nc3ccc(cc3)C[C@@H](C(=O)O)NC(=O)[C@@H](Cc3ccccc3)NC2=O)cc1. The van der Waals surface area contributed by atoms with Gasteiger partial charge in [0.1, 0.15) is 24.2 Å². The zero-order chi connectivity index (χ0) is 37.0. The molecule has 3 aliphatic heterocycles. The summed E-state index contributed by atoms with van der Waals surface area (Å²) in [5, 5.41) is 25.8. The van der Waals surface area contributed by atoms with Gasteiger partial charge in [0.05, 0.1) is 0 Å². The lowest BCUT2D eigenvalue weighted by atomic mass is 10.00.